The molecule has 1 aromatic heterocycles. The Morgan fingerprint density at radius 3 is 2.42 bits per heavy atom. The number of hydrogen-bond acceptors (Lipinski definition) is 1. The van der Waals surface area contributed by atoms with Crippen molar-refractivity contribution in [2.75, 3.05) is 0 Å². The molecular weight excluding hydrogens is 290 g/mol. The highest BCUT2D eigenvalue weighted by molar-refractivity contribution is 6.32. The lowest BCUT2D eigenvalue weighted by Crippen LogP contribution is -2.27. The molecule has 0 saturated carbocycles. The number of nitrogens with zero attached hydrogens (tertiary/aromatic N) is 2. The van der Waals surface area contributed by atoms with Crippen molar-refractivity contribution in [1.82, 2.24) is 9.36 Å². The molecule has 0 saturated heterocycles. The summed E-state index contributed by atoms with van der Waals surface area (Å²) >= 11 is 12.0. The largest absolute Gasteiger partial charge is 0.276 e. The van der Waals surface area contributed by atoms with Crippen molar-refractivity contribution < 1.29 is 4.39 Å². The zero-order valence-electron chi connectivity index (χ0n) is 10.00. The lowest BCUT2D eigenvalue weighted by atomic mass is 10.1. The smallest absolute Gasteiger partial charge is 0.271 e. The molecule has 100 valence electrons. The van der Waals surface area contributed by atoms with Crippen molar-refractivity contribution in [2.24, 2.45) is 0 Å². The van der Waals surface area contributed by atoms with Crippen LogP contribution in [0.15, 0.2) is 23.0 Å². The van der Waals surface area contributed by atoms with Gasteiger partial charge in [-0.25, -0.2) is 9.07 Å². The second-order valence-electron chi connectivity index (χ2n) is 4.55. The van der Waals surface area contributed by atoms with Gasteiger partial charge in [0.25, 0.3) is 5.56 Å². The van der Waals surface area contributed by atoms with E-state index in [1.54, 1.807) is 15.4 Å². The molecular formula is C13H11Cl2FN2O. The third-order valence-corrected chi connectivity index (χ3v) is 3.98. The van der Waals surface area contributed by atoms with Crippen LogP contribution in [0.4, 0.5) is 4.39 Å². The Kier molecular flexibility index (Phi) is 3.15. The molecule has 0 atom stereocenters. The minimum atomic E-state index is -0.532. The summed E-state index contributed by atoms with van der Waals surface area (Å²) in [5, 5.41) is 0.590. The van der Waals surface area contributed by atoms with Crippen molar-refractivity contribution in [1.29, 1.82) is 0 Å². The summed E-state index contributed by atoms with van der Waals surface area (Å²) in [4.78, 5) is 12.3. The van der Waals surface area contributed by atoms with Gasteiger partial charge in [-0.2, -0.15) is 0 Å². The first-order chi connectivity index (χ1) is 9.09. The first kappa shape index (κ1) is 12.8. The minimum absolute atomic E-state index is 0.203. The van der Waals surface area contributed by atoms with Gasteiger partial charge in [-0.15, -0.1) is 0 Å². The summed E-state index contributed by atoms with van der Waals surface area (Å²) in [6, 6.07) is 4.23. The van der Waals surface area contributed by atoms with Gasteiger partial charge in [0.2, 0.25) is 0 Å². The summed E-state index contributed by atoms with van der Waals surface area (Å²) < 4.78 is 17.3. The maximum Gasteiger partial charge on any atom is 0.276 e. The number of fused-ring (bicyclic) bond motifs is 1. The fourth-order valence-electron chi connectivity index (χ4n) is 2.44. The number of rotatable bonds is 1. The molecule has 3 nitrogen and oxygen atoms in total. The molecule has 2 aromatic rings. The van der Waals surface area contributed by atoms with Gasteiger partial charge in [0, 0.05) is 23.7 Å². The van der Waals surface area contributed by atoms with Crippen molar-refractivity contribution >= 4 is 23.2 Å². The molecule has 19 heavy (non-hydrogen) atoms. The van der Waals surface area contributed by atoms with Crippen molar-refractivity contribution in [3.05, 3.63) is 44.5 Å². The van der Waals surface area contributed by atoms with E-state index in [1.807, 2.05) is 0 Å². The fourth-order valence-corrected chi connectivity index (χ4v) is 2.96. The van der Waals surface area contributed by atoms with Crippen LogP contribution in [0.5, 0.6) is 0 Å². The quantitative estimate of drug-likeness (QED) is 0.791. The second-order valence-corrected chi connectivity index (χ2v) is 5.34. The first-order valence-electron chi connectivity index (χ1n) is 6.04. The normalized spacial score (nSPS) is 14.5. The average Bonchev–Trinajstić information content (AvgIpc) is 2.64. The predicted molar refractivity (Wildman–Crippen MR) is 73.3 cm³/mol. The Morgan fingerprint density at radius 1 is 1.11 bits per heavy atom. The molecule has 0 aliphatic carbocycles. The summed E-state index contributed by atoms with van der Waals surface area (Å²) in [6.45, 7) is 1.30. The van der Waals surface area contributed by atoms with Crippen LogP contribution in [0, 0.1) is 5.82 Å². The van der Waals surface area contributed by atoms with Gasteiger partial charge in [0.05, 0.1) is 5.56 Å². The van der Waals surface area contributed by atoms with Crippen LogP contribution in [-0.2, 0) is 13.1 Å². The predicted octanol–water partition coefficient (Wildman–Crippen LogP) is 3.56. The van der Waals surface area contributed by atoms with E-state index in [1.165, 1.54) is 12.1 Å². The monoisotopic (exact) mass is 300 g/mol. The SMILES string of the molecule is O=c1c(-c2ccc(Cl)cc2F)c(Cl)n2n1CCCC2. The number of hydrogen-bond donors (Lipinski definition) is 0. The summed E-state index contributed by atoms with van der Waals surface area (Å²) in [5.74, 6) is -0.532. The van der Waals surface area contributed by atoms with E-state index in [9.17, 15) is 9.18 Å². The van der Waals surface area contributed by atoms with Gasteiger partial charge in [0.1, 0.15) is 11.0 Å². The van der Waals surface area contributed by atoms with Crippen LogP contribution in [0.2, 0.25) is 10.2 Å². The van der Waals surface area contributed by atoms with Crippen molar-refractivity contribution in [3.63, 3.8) is 0 Å². The van der Waals surface area contributed by atoms with E-state index < -0.39 is 5.82 Å². The molecule has 0 spiro atoms. The maximum atomic E-state index is 14.0. The van der Waals surface area contributed by atoms with E-state index in [2.05, 4.69) is 0 Å². The average molecular weight is 301 g/mol. The van der Waals surface area contributed by atoms with E-state index >= 15 is 0 Å². The zero-order valence-corrected chi connectivity index (χ0v) is 11.5. The molecule has 0 N–H and O–H groups in total. The maximum absolute atomic E-state index is 14.0. The highest BCUT2D eigenvalue weighted by Crippen LogP contribution is 2.30. The molecule has 0 unspecified atom stereocenters. The molecule has 1 aliphatic rings. The number of halogens is 3. The Labute approximate surface area is 119 Å². The van der Waals surface area contributed by atoms with Gasteiger partial charge in [0.15, 0.2) is 0 Å². The molecule has 1 aromatic carbocycles. The van der Waals surface area contributed by atoms with Crippen LogP contribution in [0.3, 0.4) is 0 Å². The van der Waals surface area contributed by atoms with E-state index in [0.29, 0.717) is 23.3 Å². The summed E-state index contributed by atoms with van der Waals surface area (Å²) in [6.07, 6.45) is 1.90. The van der Waals surface area contributed by atoms with Crippen LogP contribution in [0.25, 0.3) is 11.1 Å². The minimum Gasteiger partial charge on any atom is -0.271 e. The van der Waals surface area contributed by atoms with Gasteiger partial charge < -0.3 is 0 Å². The molecule has 0 amide bonds. The molecule has 3 rings (SSSR count). The third-order valence-electron chi connectivity index (χ3n) is 3.36. The number of benzene rings is 1. The molecule has 0 radical (unpaired) electrons. The summed E-state index contributed by atoms with van der Waals surface area (Å²) in [5.41, 5.74) is 0.178. The number of aromatic nitrogens is 2. The van der Waals surface area contributed by atoms with Crippen LogP contribution >= 0.6 is 23.2 Å². The lowest BCUT2D eigenvalue weighted by Gasteiger charge is -2.17. The Balaban J connectivity index is 2.26. The van der Waals surface area contributed by atoms with Gasteiger partial charge in [-0.05, 0) is 31.0 Å². The Morgan fingerprint density at radius 2 is 1.79 bits per heavy atom. The van der Waals surface area contributed by atoms with Gasteiger partial charge >= 0.3 is 0 Å². The van der Waals surface area contributed by atoms with Gasteiger partial charge in [-0.3, -0.25) is 9.48 Å². The van der Waals surface area contributed by atoms with Crippen LogP contribution < -0.4 is 5.56 Å². The highest BCUT2D eigenvalue weighted by atomic mass is 35.5. The van der Waals surface area contributed by atoms with Gasteiger partial charge in [-0.1, -0.05) is 23.2 Å². The topological polar surface area (TPSA) is 26.9 Å². The van der Waals surface area contributed by atoms with Crippen LogP contribution in [-0.4, -0.2) is 9.36 Å². The molecule has 2 heterocycles. The highest BCUT2D eigenvalue weighted by Gasteiger charge is 2.23. The fraction of sp³-hybridized carbons (Fsp3) is 0.308. The zero-order chi connectivity index (χ0) is 13.6. The van der Waals surface area contributed by atoms with Crippen molar-refractivity contribution in [2.45, 2.75) is 25.9 Å². The molecule has 0 bridgehead atoms. The molecule has 1 aliphatic heterocycles. The lowest BCUT2D eigenvalue weighted by molar-refractivity contribution is 0.356. The van der Waals surface area contributed by atoms with E-state index in [0.717, 1.165) is 12.8 Å². The Bertz CT molecular complexity index is 705. The second kappa shape index (κ2) is 4.69. The van der Waals surface area contributed by atoms with Crippen LogP contribution in [0.1, 0.15) is 12.8 Å². The standard InChI is InChI=1S/C13H11Cl2FN2O/c14-8-3-4-9(10(16)7-8)11-12(15)17-5-1-2-6-18(17)13(11)19/h3-4,7H,1-2,5-6H2. The van der Waals surface area contributed by atoms with E-state index in [4.69, 9.17) is 23.2 Å². The van der Waals surface area contributed by atoms with E-state index in [-0.39, 0.29) is 16.7 Å². The molecule has 0 fully saturated rings. The summed E-state index contributed by atoms with van der Waals surface area (Å²) in [7, 11) is 0. The third kappa shape index (κ3) is 1.99. The molecule has 6 heteroatoms. The van der Waals surface area contributed by atoms with Crippen molar-refractivity contribution in [3.8, 4) is 11.1 Å². The first-order valence-corrected chi connectivity index (χ1v) is 6.79. The Hall–Kier alpha value is -1.26.